The van der Waals surface area contributed by atoms with E-state index in [-0.39, 0.29) is 24.1 Å². The van der Waals surface area contributed by atoms with Crippen molar-refractivity contribution in [3.05, 3.63) is 53.1 Å². The number of hydrogen-bond donors (Lipinski definition) is 2. The number of aliphatic hydroxyl groups is 1. The third kappa shape index (κ3) is 6.51. The van der Waals surface area contributed by atoms with E-state index in [0.29, 0.717) is 58.3 Å². The number of ether oxygens (including phenoxy) is 2. The van der Waals surface area contributed by atoms with Gasteiger partial charge in [-0.2, -0.15) is 0 Å². The Hall–Kier alpha value is -3.46. The van der Waals surface area contributed by atoms with Gasteiger partial charge in [0, 0.05) is 36.4 Å². The zero-order valence-electron chi connectivity index (χ0n) is 23.0. The van der Waals surface area contributed by atoms with Crippen LogP contribution in [0.4, 0.5) is 10.2 Å². The highest BCUT2D eigenvalue weighted by Gasteiger charge is 2.31. The van der Waals surface area contributed by atoms with E-state index < -0.39 is 11.6 Å². The van der Waals surface area contributed by atoms with Crippen LogP contribution in [0.5, 0.6) is 11.5 Å². The lowest BCUT2D eigenvalue weighted by atomic mass is 9.95. The molecule has 1 saturated carbocycles. The molecule has 0 unspecified atom stereocenters. The largest absolute Gasteiger partial charge is 0.493 e. The maximum atomic E-state index is 15.4. The van der Waals surface area contributed by atoms with E-state index in [1.54, 1.807) is 64.1 Å². The van der Waals surface area contributed by atoms with Crippen molar-refractivity contribution in [2.75, 3.05) is 32.6 Å². The first kappa shape index (κ1) is 27.6. The van der Waals surface area contributed by atoms with Crippen molar-refractivity contribution in [2.24, 2.45) is 5.92 Å². The standard InChI is InChI=1S/C29H37FN4O4/c1-17(21-9-7-8-20(26(21)30)16-29(3,4)36)31-27-22-14-25(24(37-6)15-23(22)32-18(2)33-27)38-13-12-34(5)28(35)19-10-11-19/h7-9,14-15,17,19,36H,10-13,16H2,1-6H3,(H,31,32,33)/t17-/m1/s1. The predicted molar refractivity (Wildman–Crippen MR) is 145 cm³/mol. The number of anilines is 1. The van der Waals surface area contributed by atoms with Crippen LogP contribution in [0, 0.1) is 18.7 Å². The van der Waals surface area contributed by atoms with Gasteiger partial charge in [-0.25, -0.2) is 14.4 Å². The van der Waals surface area contributed by atoms with E-state index in [0.717, 1.165) is 12.8 Å². The number of aryl methyl sites for hydroxylation is 1. The molecular formula is C29H37FN4O4. The normalized spacial score (nSPS) is 14.3. The van der Waals surface area contributed by atoms with E-state index in [2.05, 4.69) is 15.3 Å². The molecule has 1 aliphatic carbocycles. The van der Waals surface area contributed by atoms with Crippen molar-refractivity contribution in [3.8, 4) is 11.5 Å². The SMILES string of the molecule is COc1cc2nc(C)nc(N[C@H](C)c3cccc(CC(C)(C)O)c3F)c2cc1OCCN(C)C(=O)C1CC1. The van der Waals surface area contributed by atoms with Gasteiger partial charge in [-0.3, -0.25) is 4.79 Å². The molecule has 0 aliphatic heterocycles. The highest BCUT2D eigenvalue weighted by molar-refractivity contribution is 5.92. The molecule has 38 heavy (non-hydrogen) atoms. The molecule has 1 aromatic heterocycles. The van der Waals surface area contributed by atoms with Crippen LogP contribution in [0.15, 0.2) is 30.3 Å². The molecule has 0 radical (unpaired) electrons. The van der Waals surface area contributed by atoms with Gasteiger partial charge in [0.25, 0.3) is 0 Å². The molecule has 204 valence electrons. The number of carbonyl (C=O) groups excluding carboxylic acids is 1. The number of nitrogens with zero attached hydrogens (tertiary/aromatic N) is 3. The Labute approximate surface area is 223 Å². The van der Waals surface area contributed by atoms with Crippen LogP contribution in [0.3, 0.4) is 0 Å². The lowest BCUT2D eigenvalue weighted by Gasteiger charge is -2.22. The van der Waals surface area contributed by atoms with Crippen LogP contribution in [0.1, 0.15) is 56.6 Å². The zero-order chi connectivity index (χ0) is 27.6. The molecule has 1 atom stereocenters. The summed E-state index contributed by atoms with van der Waals surface area (Å²) in [5.41, 5.74) is 0.571. The van der Waals surface area contributed by atoms with Gasteiger partial charge in [-0.05, 0) is 52.2 Å². The fourth-order valence-electron chi connectivity index (χ4n) is 4.50. The van der Waals surface area contributed by atoms with Crippen molar-refractivity contribution in [2.45, 2.75) is 58.6 Å². The third-order valence-corrected chi connectivity index (χ3v) is 6.63. The molecule has 3 aromatic rings. The Morgan fingerprint density at radius 2 is 2.00 bits per heavy atom. The Kier molecular flexibility index (Phi) is 8.06. The number of nitrogens with one attached hydrogen (secondary N) is 1. The summed E-state index contributed by atoms with van der Waals surface area (Å²) in [6.07, 6.45) is 2.13. The topological polar surface area (TPSA) is 96.8 Å². The number of halogens is 1. The summed E-state index contributed by atoms with van der Waals surface area (Å²) in [6.45, 7) is 7.75. The van der Waals surface area contributed by atoms with Crippen molar-refractivity contribution in [1.29, 1.82) is 0 Å². The molecule has 9 heteroatoms. The molecular weight excluding hydrogens is 487 g/mol. The molecule has 1 heterocycles. The predicted octanol–water partition coefficient (Wildman–Crippen LogP) is 4.82. The second-order valence-corrected chi connectivity index (χ2v) is 10.7. The van der Waals surface area contributed by atoms with Gasteiger partial charge in [0.2, 0.25) is 5.91 Å². The first-order valence-electron chi connectivity index (χ1n) is 13.0. The van der Waals surface area contributed by atoms with Gasteiger partial charge in [-0.15, -0.1) is 0 Å². The summed E-state index contributed by atoms with van der Waals surface area (Å²) in [7, 11) is 3.35. The summed E-state index contributed by atoms with van der Waals surface area (Å²) < 4.78 is 27.0. The number of aromatic nitrogens is 2. The molecule has 0 saturated heterocycles. The summed E-state index contributed by atoms with van der Waals surface area (Å²) >= 11 is 0. The lowest BCUT2D eigenvalue weighted by molar-refractivity contribution is -0.131. The highest BCUT2D eigenvalue weighted by Crippen LogP contribution is 2.36. The number of amides is 1. The molecule has 0 spiro atoms. The van der Waals surface area contributed by atoms with Crippen molar-refractivity contribution in [3.63, 3.8) is 0 Å². The van der Waals surface area contributed by atoms with Crippen LogP contribution >= 0.6 is 0 Å². The Morgan fingerprint density at radius 3 is 2.66 bits per heavy atom. The van der Waals surface area contributed by atoms with Crippen molar-refractivity contribution < 1.29 is 23.8 Å². The second kappa shape index (κ2) is 11.1. The van der Waals surface area contributed by atoms with Gasteiger partial charge in [0.05, 0.1) is 30.8 Å². The van der Waals surface area contributed by atoms with Crippen LogP contribution in [0.25, 0.3) is 10.9 Å². The fraction of sp³-hybridized carbons (Fsp3) is 0.483. The maximum absolute atomic E-state index is 15.4. The summed E-state index contributed by atoms with van der Waals surface area (Å²) in [5.74, 6) is 2.10. The molecule has 1 amide bonds. The van der Waals surface area contributed by atoms with Gasteiger partial charge in [-0.1, -0.05) is 18.2 Å². The molecule has 8 nitrogen and oxygen atoms in total. The first-order valence-corrected chi connectivity index (χ1v) is 13.0. The summed E-state index contributed by atoms with van der Waals surface area (Å²) in [4.78, 5) is 23.1. The number of methoxy groups -OCH3 is 1. The minimum atomic E-state index is -1.02. The Morgan fingerprint density at radius 1 is 1.26 bits per heavy atom. The zero-order valence-corrected chi connectivity index (χ0v) is 23.0. The van der Waals surface area contributed by atoms with Crippen LogP contribution < -0.4 is 14.8 Å². The highest BCUT2D eigenvalue weighted by atomic mass is 19.1. The number of carbonyl (C=O) groups is 1. The minimum absolute atomic E-state index is 0.155. The Balaban J connectivity index is 1.59. The second-order valence-electron chi connectivity index (χ2n) is 10.7. The summed E-state index contributed by atoms with van der Waals surface area (Å²) in [5, 5.41) is 14.2. The molecule has 1 fully saturated rings. The average Bonchev–Trinajstić information content (AvgIpc) is 3.69. The number of benzene rings is 2. The van der Waals surface area contributed by atoms with Gasteiger partial charge >= 0.3 is 0 Å². The van der Waals surface area contributed by atoms with Crippen LogP contribution in [-0.4, -0.2) is 58.8 Å². The molecule has 2 N–H and O–H groups in total. The van der Waals surface area contributed by atoms with E-state index in [1.165, 1.54) is 0 Å². The van der Waals surface area contributed by atoms with Crippen molar-refractivity contribution >= 4 is 22.6 Å². The van der Waals surface area contributed by atoms with Crippen molar-refractivity contribution in [1.82, 2.24) is 14.9 Å². The first-order chi connectivity index (χ1) is 18.0. The average molecular weight is 525 g/mol. The van der Waals surface area contributed by atoms with Gasteiger partial charge in [0.1, 0.15) is 24.1 Å². The molecule has 1 aliphatic rings. The molecule has 2 aromatic carbocycles. The summed E-state index contributed by atoms with van der Waals surface area (Å²) in [6, 6.07) is 8.41. The van der Waals surface area contributed by atoms with Gasteiger partial charge in [0.15, 0.2) is 11.5 Å². The van der Waals surface area contributed by atoms with Gasteiger partial charge < -0.3 is 24.8 Å². The number of hydrogen-bond acceptors (Lipinski definition) is 7. The molecule has 0 bridgehead atoms. The Bertz CT molecular complexity index is 1320. The van der Waals surface area contributed by atoms with E-state index in [1.807, 2.05) is 13.0 Å². The van der Waals surface area contributed by atoms with Crippen LogP contribution in [0.2, 0.25) is 0 Å². The number of fused-ring (bicyclic) bond motifs is 1. The van der Waals surface area contributed by atoms with Crippen LogP contribution in [-0.2, 0) is 11.2 Å². The van der Waals surface area contributed by atoms with E-state index in [4.69, 9.17) is 9.47 Å². The monoisotopic (exact) mass is 524 g/mol. The van der Waals surface area contributed by atoms with E-state index >= 15 is 4.39 Å². The minimum Gasteiger partial charge on any atom is -0.493 e. The number of rotatable bonds is 11. The lowest BCUT2D eigenvalue weighted by Crippen LogP contribution is -2.31. The third-order valence-electron chi connectivity index (χ3n) is 6.63. The molecule has 4 rings (SSSR count). The smallest absolute Gasteiger partial charge is 0.225 e. The fourth-order valence-corrected chi connectivity index (χ4v) is 4.50. The number of likely N-dealkylation sites (N-methyl/N-ethyl adjacent to an activating group) is 1. The maximum Gasteiger partial charge on any atom is 0.225 e. The van der Waals surface area contributed by atoms with E-state index in [9.17, 15) is 9.90 Å². The quantitative estimate of drug-likeness (QED) is 0.371.